The van der Waals surface area contributed by atoms with Gasteiger partial charge in [0, 0.05) is 11.5 Å². The molecule has 1 aromatic carbocycles. The Bertz CT molecular complexity index is 1210. The second-order valence-electron chi connectivity index (χ2n) is 8.56. The van der Waals surface area contributed by atoms with Gasteiger partial charge < -0.3 is 26.2 Å². The normalized spacial score (nSPS) is 29.4. The van der Waals surface area contributed by atoms with Gasteiger partial charge in [-0.3, -0.25) is 19.3 Å². The average Bonchev–Trinajstić information content (AvgIpc) is 2.70. The maximum absolute atomic E-state index is 13.6. The van der Waals surface area contributed by atoms with Crippen molar-refractivity contribution in [2.45, 2.75) is 24.5 Å². The first-order chi connectivity index (χ1) is 15.0. The number of Topliss-reactive ketones (excluding diaryl/α,β-unsaturated/α-hetero) is 2. The summed E-state index contributed by atoms with van der Waals surface area (Å²) in [5, 5.41) is 52.8. The molecule has 0 aliphatic heterocycles. The average molecular weight is 439 g/mol. The monoisotopic (exact) mass is 439 g/mol. The number of likely N-dealkylation sites (N-methyl/N-ethyl adjacent to an activating group) is 1. The highest BCUT2D eigenvalue weighted by atomic mass is 16.3. The summed E-state index contributed by atoms with van der Waals surface area (Å²) in [6.45, 7) is 0. The molecule has 1 amide bonds. The molecule has 0 spiro atoms. The third kappa shape index (κ3) is 2.55. The number of phenolic OH excluding ortho intramolecular Hbond substituents is 1. The van der Waals surface area contributed by atoms with Gasteiger partial charge in [0.1, 0.15) is 22.8 Å². The molecular weight excluding hydrogens is 418 g/mol. The molecule has 3 aliphatic rings. The fraction of sp³-hybridized carbons (Fsp3) is 0.364. The molecular formula is C22H21N3O7. The second kappa shape index (κ2) is 6.91. The molecule has 166 valence electrons. The summed E-state index contributed by atoms with van der Waals surface area (Å²) in [5.74, 6) is -7.14. The summed E-state index contributed by atoms with van der Waals surface area (Å²) in [7, 11) is 3.05. The number of hydrogen-bond donors (Lipinski definition) is 5. The van der Waals surface area contributed by atoms with Gasteiger partial charge in [0.25, 0.3) is 5.91 Å². The minimum Gasteiger partial charge on any atom is -0.508 e. The number of aromatic hydroxyl groups is 1. The third-order valence-corrected chi connectivity index (χ3v) is 6.72. The summed E-state index contributed by atoms with van der Waals surface area (Å²) >= 11 is 0. The Morgan fingerprint density at radius 1 is 1.25 bits per heavy atom. The molecule has 1 fully saturated rings. The topological polar surface area (TPSA) is 185 Å². The number of nitrogens with zero attached hydrogens (tertiary/aromatic N) is 2. The van der Waals surface area contributed by atoms with Crippen molar-refractivity contribution in [2.75, 3.05) is 14.1 Å². The molecule has 3 aliphatic carbocycles. The summed E-state index contributed by atoms with van der Waals surface area (Å²) in [5.41, 5.74) is 1.94. The van der Waals surface area contributed by atoms with E-state index in [4.69, 9.17) is 5.73 Å². The Hall–Kier alpha value is -3.68. The molecule has 10 nitrogen and oxygen atoms in total. The van der Waals surface area contributed by atoms with Gasteiger partial charge in [-0.1, -0.05) is 0 Å². The zero-order valence-corrected chi connectivity index (χ0v) is 17.3. The predicted octanol–water partition coefficient (Wildman–Crippen LogP) is -0.164. The van der Waals surface area contributed by atoms with E-state index < -0.39 is 58.0 Å². The van der Waals surface area contributed by atoms with Crippen LogP contribution in [0, 0.1) is 23.2 Å². The fourth-order valence-electron chi connectivity index (χ4n) is 5.35. The number of phenols is 1. The molecule has 1 aromatic rings. The summed E-state index contributed by atoms with van der Waals surface area (Å²) in [6, 6.07) is 3.45. The molecule has 0 unspecified atom stereocenters. The van der Waals surface area contributed by atoms with Crippen molar-refractivity contribution in [2.24, 2.45) is 17.6 Å². The van der Waals surface area contributed by atoms with Crippen molar-refractivity contribution < 1.29 is 34.8 Å². The highest BCUT2D eigenvalue weighted by Crippen LogP contribution is 2.52. The van der Waals surface area contributed by atoms with Crippen LogP contribution in [0.15, 0.2) is 29.0 Å². The van der Waals surface area contributed by atoms with Gasteiger partial charge >= 0.3 is 0 Å². The first-order valence-electron chi connectivity index (χ1n) is 9.86. The van der Waals surface area contributed by atoms with Crippen LogP contribution in [-0.4, -0.2) is 68.5 Å². The quantitative estimate of drug-likeness (QED) is 0.390. The van der Waals surface area contributed by atoms with Crippen molar-refractivity contribution >= 4 is 23.2 Å². The number of aliphatic hydroxyl groups excluding tert-OH is 2. The fourth-order valence-corrected chi connectivity index (χ4v) is 5.35. The lowest BCUT2D eigenvalue weighted by atomic mass is 9.57. The number of ketones is 2. The molecule has 4 rings (SSSR count). The predicted molar refractivity (Wildman–Crippen MR) is 109 cm³/mol. The van der Waals surface area contributed by atoms with Crippen LogP contribution in [0.3, 0.4) is 0 Å². The van der Waals surface area contributed by atoms with Crippen LogP contribution < -0.4 is 5.73 Å². The van der Waals surface area contributed by atoms with Crippen molar-refractivity contribution in [3.05, 3.63) is 45.7 Å². The zero-order valence-electron chi connectivity index (χ0n) is 17.3. The smallest absolute Gasteiger partial charge is 0.255 e. The van der Waals surface area contributed by atoms with Gasteiger partial charge in [-0.2, -0.15) is 5.26 Å². The van der Waals surface area contributed by atoms with Crippen LogP contribution in [0.4, 0.5) is 0 Å². The van der Waals surface area contributed by atoms with E-state index >= 15 is 0 Å². The number of carbonyl (C=O) groups excluding carboxylic acids is 3. The van der Waals surface area contributed by atoms with Crippen LogP contribution >= 0.6 is 0 Å². The van der Waals surface area contributed by atoms with E-state index in [9.17, 15) is 40.1 Å². The van der Waals surface area contributed by atoms with Crippen LogP contribution in [0.25, 0.3) is 5.76 Å². The van der Waals surface area contributed by atoms with Gasteiger partial charge in [0.05, 0.1) is 23.2 Å². The number of rotatable bonds is 2. The molecule has 0 bridgehead atoms. The number of nitriles is 1. The first kappa shape index (κ1) is 21.5. The van der Waals surface area contributed by atoms with E-state index in [1.54, 1.807) is 0 Å². The number of amides is 1. The number of primary amides is 1. The largest absolute Gasteiger partial charge is 0.508 e. The Morgan fingerprint density at radius 3 is 2.47 bits per heavy atom. The summed E-state index contributed by atoms with van der Waals surface area (Å²) in [6.07, 6.45) is 0.0676. The van der Waals surface area contributed by atoms with E-state index in [2.05, 4.69) is 0 Å². The van der Waals surface area contributed by atoms with Gasteiger partial charge in [-0.15, -0.1) is 0 Å². The van der Waals surface area contributed by atoms with E-state index in [1.807, 2.05) is 6.07 Å². The van der Waals surface area contributed by atoms with Gasteiger partial charge in [-0.25, -0.2) is 0 Å². The number of fused-ring (bicyclic) bond motifs is 3. The zero-order chi connectivity index (χ0) is 23.7. The molecule has 0 aromatic heterocycles. The number of nitrogens with two attached hydrogens (primary N) is 1. The second-order valence-corrected chi connectivity index (χ2v) is 8.56. The molecule has 0 heterocycles. The van der Waals surface area contributed by atoms with Crippen LogP contribution in [0.1, 0.15) is 23.1 Å². The minimum absolute atomic E-state index is 0.0215. The maximum Gasteiger partial charge on any atom is 0.255 e. The van der Waals surface area contributed by atoms with Gasteiger partial charge in [-0.05, 0) is 50.6 Å². The van der Waals surface area contributed by atoms with Crippen molar-refractivity contribution in [3.8, 4) is 11.8 Å². The number of hydrogen-bond acceptors (Lipinski definition) is 9. The molecule has 1 saturated carbocycles. The Balaban J connectivity index is 2.00. The number of benzene rings is 1. The van der Waals surface area contributed by atoms with E-state index in [0.29, 0.717) is 5.56 Å². The molecule has 6 N–H and O–H groups in total. The van der Waals surface area contributed by atoms with Crippen molar-refractivity contribution in [1.82, 2.24) is 4.90 Å². The minimum atomic E-state index is -2.67. The van der Waals surface area contributed by atoms with Gasteiger partial charge in [0.15, 0.2) is 11.4 Å². The Labute approximate surface area is 182 Å². The SMILES string of the molecule is CN(C)[C@H]1C(=O)C(C(N)=O)=C(O)[C@@]2(O)C(=O)C3=C(O)c4c(O)ccc(C#N)c4C[C@H]3C[C@@H]12. The molecule has 10 heteroatoms. The third-order valence-electron chi connectivity index (χ3n) is 6.72. The van der Waals surface area contributed by atoms with Crippen LogP contribution in [-0.2, 0) is 20.8 Å². The number of aliphatic hydroxyl groups is 3. The van der Waals surface area contributed by atoms with E-state index in [-0.39, 0.29) is 35.3 Å². The number of carbonyl (C=O) groups is 3. The summed E-state index contributed by atoms with van der Waals surface area (Å²) < 4.78 is 0. The summed E-state index contributed by atoms with van der Waals surface area (Å²) in [4.78, 5) is 39.9. The van der Waals surface area contributed by atoms with Crippen LogP contribution in [0.5, 0.6) is 5.75 Å². The molecule has 0 radical (unpaired) electrons. The lowest BCUT2D eigenvalue weighted by molar-refractivity contribution is -0.153. The van der Waals surface area contributed by atoms with Crippen molar-refractivity contribution in [3.63, 3.8) is 0 Å². The van der Waals surface area contributed by atoms with E-state index in [0.717, 1.165) is 0 Å². The van der Waals surface area contributed by atoms with Crippen molar-refractivity contribution in [1.29, 1.82) is 5.26 Å². The standard InChI is InChI=1S/C22H21N3O7/c1-25(2)16-11-6-9-5-10-8(7-23)3-4-12(26)14(10)17(27)13(9)19(29)22(11,32)20(30)15(18(16)28)21(24)31/h3-4,9,11,16,26-27,30,32H,5-6H2,1-2H3,(H2,24,31)/t9-,11-,16+,22-/m0/s1. The molecule has 0 saturated heterocycles. The Kier molecular flexibility index (Phi) is 4.66. The maximum atomic E-state index is 13.6. The first-order valence-corrected chi connectivity index (χ1v) is 9.86. The lowest BCUT2D eigenvalue weighted by Gasteiger charge is -2.50. The van der Waals surface area contributed by atoms with Crippen LogP contribution in [0.2, 0.25) is 0 Å². The van der Waals surface area contributed by atoms with E-state index in [1.165, 1.54) is 31.1 Å². The lowest BCUT2D eigenvalue weighted by Crippen LogP contribution is -2.65. The molecule has 32 heavy (non-hydrogen) atoms. The highest BCUT2D eigenvalue weighted by molar-refractivity contribution is 6.24. The molecule has 4 atom stereocenters. The highest BCUT2D eigenvalue weighted by Gasteiger charge is 2.64. The Morgan fingerprint density at radius 2 is 1.91 bits per heavy atom. The van der Waals surface area contributed by atoms with Gasteiger partial charge in [0.2, 0.25) is 5.78 Å².